The normalized spacial score (nSPS) is 11.4. The summed E-state index contributed by atoms with van der Waals surface area (Å²) in [6, 6.07) is 16.2. The lowest BCUT2D eigenvalue weighted by Gasteiger charge is -2.10. The van der Waals surface area contributed by atoms with Gasteiger partial charge in [0.2, 0.25) is 0 Å². The highest BCUT2D eigenvalue weighted by Gasteiger charge is 2.31. The number of nitrogens with zero attached hydrogens (tertiary/aromatic N) is 1. The number of amides is 1. The van der Waals surface area contributed by atoms with Gasteiger partial charge in [0.15, 0.2) is 0 Å². The van der Waals surface area contributed by atoms with Crippen molar-refractivity contribution in [2.24, 2.45) is 0 Å². The van der Waals surface area contributed by atoms with Crippen molar-refractivity contribution in [3.05, 3.63) is 78.0 Å². The first-order valence-electron chi connectivity index (χ1n) is 8.95. The van der Waals surface area contributed by atoms with Crippen LogP contribution in [0.15, 0.2) is 66.9 Å². The lowest BCUT2D eigenvalue weighted by Crippen LogP contribution is -2.17. The zero-order chi connectivity index (χ0) is 21.0. The van der Waals surface area contributed by atoms with Crippen LogP contribution in [0.25, 0.3) is 11.3 Å². The van der Waals surface area contributed by atoms with Crippen LogP contribution < -0.4 is 10.1 Å². The smallest absolute Gasteiger partial charge is 0.406 e. The van der Waals surface area contributed by atoms with E-state index in [2.05, 4.69) is 28.9 Å². The van der Waals surface area contributed by atoms with Crippen molar-refractivity contribution in [2.75, 3.05) is 5.32 Å². The second kappa shape index (κ2) is 8.34. The predicted molar refractivity (Wildman–Crippen MR) is 105 cm³/mol. The summed E-state index contributed by atoms with van der Waals surface area (Å²) in [5.41, 5.74) is 3.05. The van der Waals surface area contributed by atoms with Gasteiger partial charge in [-0.15, -0.1) is 13.2 Å². The molecule has 0 fully saturated rings. The molecule has 3 aromatic rings. The number of anilines is 1. The van der Waals surface area contributed by atoms with Gasteiger partial charge in [-0.1, -0.05) is 38.1 Å². The number of hydrogen-bond donors (Lipinski definition) is 1. The molecule has 0 bridgehead atoms. The van der Waals surface area contributed by atoms with E-state index in [4.69, 9.17) is 0 Å². The van der Waals surface area contributed by atoms with E-state index in [-0.39, 0.29) is 11.7 Å². The summed E-state index contributed by atoms with van der Waals surface area (Å²) < 4.78 is 41.0. The average molecular weight is 400 g/mol. The third kappa shape index (κ3) is 5.57. The van der Waals surface area contributed by atoms with Crippen molar-refractivity contribution < 1.29 is 22.7 Å². The van der Waals surface area contributed by atoms with Gasteiger partial charge in [-0.3, -0.25) is 9.78 Å². The Hall–Kier alpha value is -3.35. The summed E-state index contributed by atoms with van der Waals surface area (Å²) in [5, 5.41) is 2.79. The fraction of sp³-hybridized carbons (Fsp3) is 0.182. The average Bonchev–Trinajstić information content (AvgIpc) is 2.67. The van der Waals surface area contributed by atoms with Gasteiger partial charge in [0.1, 0.15) is 5.75 Å². The van der Waals surface area contributed by atoms with Crippen LogP contribution in [0, 0.1) is 0 Å². The second-order valence-electron chi connectivity index (χ2n) is 6.74. The fourth-order valence-corrected chi connectivity index (χ4v) is 2.71. The highest BCUT2D eigenvalue weighted by atomic mass is 19.4. The van der Waals surface area contributed by atoms with Crippen LogP contribution in [0.1, 0.15) is 35.7 Å². The van der Waals surface area contributed by atoms with E-state index in [1.54, 1.807) is 18.2 Å². The van der Waals surface area contributed by atoms with Gasteiger partial charge in [-0.2, -0.15) is 0 Å². The summed E-state index contributed by atoms with van der Waals surface area (Å²) in [5.74, 6) is -0.254. The van der Waals surface area contributed by atoms with Gasteiger partial charge in [0.05, 0.1) is 11.3 Å². The molecule has 7 heteroatoms. The Morgan fingerprint density at radius 2 is 1.76 bits per heavy atom. The number of benzene rings is 2. The molecule has 1 heterocycles. The number of nitrogens with one attached hydrogen (secondary N) is 1. The number of halogens is 3. The standard InChI is InChI=1S/C22H19F3N2O2/c1-14(2)15-6-9-18(10-7-15)27-21(28)17-8-11-20(26-13-17)16-4-3-5-19(12-16)29-22(23,24)25/h3-14H,1-2H3,(H,27,28). The molecule has 0 aliphatic carbocycles. The first-order chi connectivity index (χ1) is 13.7. The van der Waals surface area contributed by atoms with Gasteiger partial charge < -0.3 is 10.1 Å². The molecule has 1 aromatic heterocycles. The molecule has 4 nitrogen and oxygen atoms in total. The molecular weight excluding hydrogens is 381 g/mol. The minimum atomic E-state index is -4.76. The molecule has 0 aliphatic heterocycles. The molecule has 3 rings (SSSR count). The molecule has 0 saturated heterocycles. The molecule has 0 unspecified atom stereocenters. The topological polar surface area (TPSA) is 51.2 Å². The van der Waals surface area contributed by atoms with Gasteiger partial charge >= 0.3 is 6.36 Å². The largest absolute Gasteiger partial charge is 0.573 e. The molecule has 29 heavy (non-hydrogen) atoms. The first kappa shape index (κ1) is 20.4. The van der Waals surface area contributed by atoms with E-state index in [0.29, 0.717) is 28.4 Å². The zero-order valence-corrected chi connectivity index (χ0v) is 15.8. The molecule has 150 valence electrons. The van der Waals surface area contributed by atoms with Crippen LogP contribution in [-0.4, -0.2) is 17.3 Å². The van der Waals surface area contributed by atoms with Crippen LogP contribution in [0.4, 0.5) is 18.9 Å². The maximum absolute atomic E-state index is 12.4. The second-order valence-corrected chi connectivity index (χ2v) is 6.74. The maximum Gasteiger partial charge on any atom is 0.573 e. The lowest BCUT2D eigenvalue weighted by molar-refractivity contribution is -0.274. The Kier molecular flexibility index (Phi) is 5.87. The number of alkyl halides is 3. The van der Waals surface area contributed by atoms with E-state index < -0.39 is 6.36 Å². The van der Waals surface area contributed by atoms with Crippen molar-refractivity contribution in [3.8, 4) is 17.0 Å². The van der Waals surface area contributed by atoms with Crippen molar-refractivity contribution in [1.82, 2.24) is 4.98 Å². The van der Waals surface area contributed by atoms with Crippen LogP contribution in [-0.2, 0) is 0 Å². The number of aromatic nitrogens is 1. The van der Waals surface area contributed by atoms with Gasteiger partial charge in [-0.25, -0.2) is 0 Å². The molecule has 1 N–H and O–H groups in total. The Labute approximate surface area is 166 Å². The number of ether oxygens (including phenoxy) is 1. The summed E-state index contributed by atoms with van der Waals surface area (Å²) >= 11 is 0. The Morgan fingerprint density at radius 3 is 2.34 bits per heavy atom. The number of pyridine rings is 1. The third-order valence-corrected chi connectivity index (χ3v) is 4.22. The molecule has 0 saturated carbocycles. The summed E-state index contributed by atoms with van der Waals surface area (Å²) in [6.07, 6.45) is -3.38. The van der Waals surface area contributed by atoms with Crippen molar-refractivity contribution >= 4 is 11.6 Å². The quantitative estimate of drug-likeness (QED) is 0.570. The van der Waals surface area contributed by atoms with E-state index in [1.165, 1.54) is 30.0 Å². The monoisotopic (exact) mass is 400 g/mol. The number of carbonyl (C=O) groups is 1. The molecule has 1 amide bonds. The molecule has 0 radical (unpaired) electrons. The number of rotatable bonds is 5. The van der Waals surface area contributed by atoms with Crippen molar-refractivity contribution in [2.45, 2.75) is 26.1 Å². The van der Waals surface area contributed by atoms with Crippen LogP contribution in [0.5, 0.6) is 5.75 Å². The first-order valence-corrected chi connectivity index (χ1v) is 8.95. The predicted octanol–water partition coefficient (Wildman–Crippen LogP) is 6.02. The molecule has 0 atom stereocenters. The maximum atomic E-state index is 12.4. The highest BCUT2D eigenvalue weighted by Crippen LogP contribution is 2.27. The highest BCUT2D eigenvalue weighted by molar-refractivity contribution is 6.04. The molecule has 2 aromatic carbocycles. The molecule has 0 aliphatic rings. The lowest BCUT2D eigenvalue weighted by atomic mass is 10.0. The van der Waals surface area contributed by atoms with Gasteiger partial charge in [-0.05, 0) is 47.9 Å². The van der Waals surface area contributed by atoms with E-state index in [1.807, 2.05) is 24.3 Å². The Bertz CT molecular complexity index is 982. The fourth-order valence-electron chi connectivity index (χ4n) is 2.71. The zero-order valence-electron chi connectivity index (χ0n) is 15.8. The van der Waals surface area contributed by atoms with Gasteiger partial charge in [0.25, 0.3) is 5.91 Å². The molecule has 0 spiro atoms. The van der Waals surface area contributed by atoms with Crippen molar-refractivity contribution in [1.29, 1.82) is 0 Å². The van der Waals surface area contributed by atoms with Crippen LogP contribution >= 0.6 is 0 Å². The Morgan fingerprint density at radius 1 is 1.03 bits per heavy atom. The summed E-state index contributed by atoms with van der Waals surface area (Å²) in [7, 11) is 0. The number of carbonyl (C=O) groups excluding carboxylic acids is 1. The number of hydrogen-bond acceptors (Lipinski definition) is 3. The van der Waals surface area contributed by atoms with Crippen LogP contribution in [0.3, 0.4) is 0 Å². The molecular formula is C22H19F3N2O2. The van der Waals surface area contributed by atoms with E-state index in [0.717, 1.165) is 0 Å². The van der Waals surface area contributed by atoms with Crippen molar-refractivity contribution in [3.63, 3.8) is 0 Å². The SMILES string of the molecule is CC(C)c1ccc(NC(=O)c2ccc(-c3cccc(OC(F)(F)F)c3)nc2)cc1. The minimum absolute atomic E-state index is 0.324. The van der Waals surface area contributed by atoms with E-state index >= 15 is 0 Å². The van der Waals surface area contributed by atoms with Crippen LogP contribution in [0.2, 0.25) is 0 Å². The Balaban J connectivity index is 1.71. The van der Waals surface area contributed by atoms with Gasteiger partial charge in [0, 0.05) is 17.4 Å². The third-order valence-electron chi connectivity index (χ3n) is 4.22. The summed E-state index contributed by atoms with van der Waals surface area (Å²) in [6.45, 7) is 4.18. The van der Waals surface area contributed by atoms with E-state index in [9.17, 15) is 18.0 Å². The summed E-state index contributed by atoms with van der Waals surface area (Å²) in [4.78, 5) is 16.6. The minimum Gasteiger partial charge on any atom is -0.406 e.